The summed E-state index contributed by atoms with van der Waals surface area (Å²) in [7, 11) is 0. The molecule has 2 aliphatic rings. The van der Waals surface area contributed by atoms with E-state index >= 15 is 0 Å². The smallest absolute Gasteiger partial charge is 0.272 e. The number of nitrogens with zero attached hydrogens (tertiary/aromatic N) is 1. The first-order valence-electron chi connectivity index (χ1n) is 5.68. The van der Waals surface area contributed by atoms with Crippen molar-refractivity contribution < 1.29 is 9.53 Å². The number of carbonyl (C=O) groups excluding carboxylic acids is 1. The first kappa shape index (κ1) is 9.84. The quantitative estimate of drug-likeness (QED) is 0.670. The molecule has 2 N–H and O–H groups in total. The second kappa shape index (κ2) is 3.59. The molecule has 0 bridgehead atoms. The van der Waals surface area contributed by atoms with Crippen LogP contribution >= 0.6 is 0 Å². The van der Waals surface area contributed by atoms with E-state index in [9.17, 15) is 4.79 Å². The number of hydrogen-bond donors (Lipinski definition) is 2. The van der Waals surface area contributed by atoms with Crippen LogP contribution < -0.4 is 5.32 Å². The van der Waals surface area contributed by atoms with Crippen molar-refractivity contribution in [3.63, 3.8) is 0 Å². The number of rotatable bonds is 0. The molecule has 86 valence electrons. The minimum absolute atomic E-state index is 0.0559. The summed E-state index contributed by atoms with van der Waals surface area (Å²) in [5, 5.41) is 9.76. The van der Waals surface area contributed by atoms with Crippen LogP contribution in [0.15, 0.2) is 6.20 Å². The monoisotopic (exact) mass is 221 g/mol. The lowest BCUT2D eigenvalue weighted by molar-refractivity contribution is 0.0161. The first-order chi connectivity index (χ1) is 7.79. The lowest BCUT2D eigenvalue weighted by atomic mass is 9.76. The second-order valence-electron chi connectivity index (χ2n) is 4.73. The Bertz CT molecular complexity index is 407. The van der Waals surface area contributed by atoms with Gasteiger partial charge in [0.2, 0.25) is 0 Å². The molecule has 1 spiro atoms. The molecule has 0 aromatic carbocycles. The number of hydrogen-bond acceptors (Lipinski definition) is 3. The van der Waals surface area contributed by atoms with Crippen molar-refractivity contribution in [3.8, 4) is 0 Å². The van der Waals surface area contributed by atoms with E-state index in [1.807, 2.05) is 6.20 Å². The Balaban J connectivity index is 1.93. The molecule has 0 aliphatic carbocycles. The summed E-state index contributed by atoms with van der Waals surface area (Å²) in [4.78, 5) is 11.8. The molecular formula is C11H15N3O2. The van der Waals surface area contributed by atoms with Crippen LogP contribution in [0.1, 0.15) is 28.9 Å². The average Bonchev–Trinajstić information content (AvgIpc) is 2.71. The van der Waals surface area contributed by atoms with Crippen molar-refractivity contribution in [1.82, 2.24) is 15.5 Å². The highest BCUT2D eigenvalue weighted by Gasteiger charge is 2.37. The summed E-state index contributed by atoms with van der Waals surface area (Å²) in [6, 6.07) is 0. The fourth-order valence-corrected chi connectivity index (χ4v) is 2.62. The molecule has 0 saturated carbocycles. The van der Waals surface area contributed by atoms with Crippen molar-refractivity contribution in [2.45, 2.75) is 19.3 Å². The van der Waals surface area contributed by atoms with Gasteiger partial charge in [-0.2, -0.15) is 5.10 Å². The summed E-state index contributed by atoms with van der Waals surface area (Å²) in [6.07, 6.45) is 4.79. The zero-order chi connectivity index (χ0) is 11.0. The molecule has 1 saturated heterocycles. The van der Waals surface area contributed by atoms with Gasteiger partial charge < -0.3 is 10.1 Å². The third-order valence-electron chi connectivity index (χ3n) is 3.68. The normalized spacial score (nSPS) is 23.6. The van der Waals surface area contributed by atoms with Crippen LogP contribution in [0.5, 0.6) is 0 Å². The fraction of sp³-hybridized carbons (Fsp3) is 0.636. The van der Waals surface area contributed by atoms with Crippen LogP contribution in [0.25, 0.3) is 0 Å². The number of H-pyrrole nitrogens is 1. The van der Waals surface area contributed by atoms with E-state index in [0.717, 1.165) is 44.6 Å². The maximum atomic E-state index is 11.8. The minimum atomic E-state index is -0.0559. The minimum Gasteiger partial charge on any atom is -0.381 e. The Kier molecular flexibility index (Phi) is 2.21. The molecule has 2 aliphatic heterocycles. The van der Waals surface area contributed by atoms with Crippen molar-refractivity contribution in [2.75, 3.05) is 19.8 Å². The summed E-state index contributed by atoms with van der Waals surface area (Å²) >= 11 is 0. The maximum absolute atomic E-state index is 11.8. The van der Waals surface area contributed by atoms with Crippen LogP contribution in [0.2, 0.25) is 0 Å². The van der Waals surface area contributed by atoms with E-state index in [1.54, 1.807) is 0 Å². The Morgan fingerprint density at radius 3 is 3.00 bits per heavy atom. The molecule has 5 heteroatoms. The molecule has 0 unspecified atom stereocenters. The van der Waals surface area contributed by atoms with Gasteiger partial charge in [-0.05, 0) is 24.7 Å². The third-order valence-corrected chi connectivity index (χ3v) is 3.68. The summed E-state index contributed by atoms with van der Waals surface area (Å²) in [5.41, 5.74) is 1.77. The van der Waals surface area contributed by atoms with E-state index in [4.69, 9.17) is 4.74 Å². The molecule has 1 aromatic heterocycles. The number of fused-ring (bicyclic) bond motifs is 1. The number of aromatic nitrogens is 2. The third kappa shape index (κ3) is 1.51. The Morgan fingerprint density at radius 2 is 2.19 bits per heavy atom. The molecule has 1 fully saturated rings. The average molecular weight is 221 g/mol. The van der Waals surface area contributed by atoms with Crippen molar-refractivity contribution in [2.24, 2.45) is 5.41 Å². The second-order valence-corrected chi connectivity index (χ2v) is 4.73. The number of aromatic amines is 1. The number of nitrogens with one attached hydrogen (secondary N) is 2. The van der Waals surface area contributed by atoms with E-state index in [1.165, 1.54) is 0 Å². The predicted octanol–water partition coefficient (Wildman–Crippen LogP) is 0.492. The SMILES string of the molecule is O=C1NCC2(CCOCC2)Cc2c[nH]nc21. The summed E-state index contributed by atoms with van der Waals surface area (Å²) in [5.74, 6) is -0.0559. The molecule has 5 nitrogen and oxygen atoms in total. The largest absolute Gasteiger partial charge is 0.381 e. The molecule has 16 heavy (non-hydrogen) atoms. The highest BCUT2D eigenvalue weighted by Crippen LogP contribution is 2.35. The van der Waals surface area contributed by atoms with Crippen molar-refractivity contribution in [3.05, 3.63) is 17.5 Å². The number of ether oxygens (including phenoxy) is 1. The van der Waals surface area contributed by atoms with Gasteiger partial charge in [0, 0.05) is 31.5 Å². The van der Waals surface area contributed by atoms with E-state index in [-0.39, 0.29) is 11.3 Å². The van der Waals surface area contributed by atoms with Crippen molar-refractivity contribution in [1.29, 1.82) is 0 Å². The van der Waals surface area contributed by atoms with Gasteiger partial charge in [-0.25, -0.2) is 0 Å². The summed E-state index contributed by atoms with van der Waals surface area (Å²) in [6.45, 7) is 2.33. The van der Waals surface area contributed by atoms with Gasteiger partial charge in [-0.3, -0.25) is 9.89 Å². The first-order valence-corrected chi connectivity index (χ1v) is 5.68. The number of carbonyl (C=O) groups is 1. The standard InChI is InChI=1S/C11H15N3O2/c15-10-9-8(6-13-14-9)5-11(7-12-10)1-3-16-4-2-11/h6H,1-5,7H2,(H,12,15)(H,13,14). The predicted molar refractivity (Wildman–Crippen MR) is 57.1 cm³/mol. The highest BCUT2D eigenvalue weighted by atomic mass is 16.5. The molecular weight excluding hydrogens is 206 g/mol. The molecule has 0 atom stereocenters. The molecule has 3 rings (SSSR count). The highest BCUT2D eigenvalue weighted by molar-refractivity contribution is 5.94. The molecule has 1 aromatic rings. The molecule has 3 heterocycles. The zero-order valence-electron chi connectivity index (χ0n) is 9.08. The van der Waals surface area contributed by atoms with Gasteiger partial charge in [-0.15, -0.1) is 0 Å². The molecule has 0 radical (unpaired) electrons. The van der Waals surface area contributed by atoms with E-state index in [2.05, 4.69) is 15.5 Å². The van der Waals surface area contributed by atoms with Crippen LogP contribution in [-0.2, 0) is 11.2 Å². The van der Waals surface area contributed by atoms with E-state index in [0.29, 0.717) is 5.69 Å². The lowest BCUT2D eigenvalue weighted by Crippen LogP contribution is -2.40. The van der Waals surface area contributed by atoms with Crippen LogP contribution in [-0.4, -0.2) is 35.9 Å². The van der Waals surface area contributed by atoms with Gasteiger partial charge in [0.1, 0.15) is 0 Å². The van der Waals surface area contributed by atoms with Crippen LogP contribution in [0.4, 0.5) is 0 Å². The van der Waals surface area contributed by atoms with Crippen LogP contribution in [0, 0.1) is 5.41 Å². The van der Waals surface area contributed by atoms with Gasteiger partial charge in [0.05, 0.1) is 0 Å². The zero-order valence-corrected chi connectivity index (χ0v) is 9.08. The topological polar surface area (TPSA) is 67.0 Å². The Labute approximate surface area is 93.6 Å². The fourth-order valence-electron chi connectivity index (χ4n) is 2.62. The Morgan fingerprint density at radius 1 is 1.38 bits per heavy atom. The van der Waals surface area contributed by atoms with E-state index < -0.39 is 0 Å². The van der Waals surface area contributed by atoms with Gasteiger partial charge >= 0.3 is 0 Å². The maximum Gasteiger partial charge on any atom is 0.272 e. The van der Waals surface area contributed by atoms with Gasteiger partial charge in [0.15, 0.2) is 5.69 Å². The molecule has 1 amide bonds. The number of amides is 1. The van der Waals surface area contributed by atoms with Crippen molar-refractivity contribution >= 4 is 5.91 Å². The summed E-state index contributed by atoms with van der Waals surface area (Å²) < 4.78 is 5.40. The van der Waals surface area contributed by atoms with Gasteiger partial charge in [0.25, 0.3) is 5.91 Å². The lowest BCUT2D eigenvalue weighted by Gasteiger charge is -2.36. The van der Waals surface area contributed by atoms with Crippen LogP contribution in [0.3, 0.4) is 0 Å². The Hall–Kier alpha value is -1.36. The van der Waals surface area contributed by atoms with Gasteiger partial charge in [-0.1, -0.05) is 0 Å².